The van der Waals surface area contributed by atoms with E-state index in [1.165, 1.54) is 0 Å². The van der Waals surface area contributed by atoms with Gasteiger partial charge >= 0.3 is 0 Å². The highest BCUT2D eigenvalue weighted by molar-refractivity contribution is 6.31. The first-order valence-corrected chi connectivity index (χ1v) is 7.98. The summed E-state index contributed by atoms with van der Waals surface area (Å²) in [6.45, 7) is 2.62. The Morgan fingerprint density at radius 2 is 2.27 bits per heavy atom. The smallest absolute Gasteiger partial charge is 0.137 e. The monoisotopic (exact) mass is 323 g/mol. The van der Waals surface area contributed by atoms with Gasteiger partial charge in [0.1, 0.15) is 11.9 Å². The lowest BCUT2D eigenvalue weighted by Crippen LogP contribution is -2.38. The van der Waals surface area contributed by atoms with Gasteiger partial charge in [-0.15, -0.1) is 0 Å². The minimum atomic E-state index is -0.523. The second-order valence-electron chi connectivity index (χ2n) is 6.04. The molecule has 0 amide bonds. The van der Waals surface area contributed by atoms with E-state index in [4.69, 9.17) is 11.6 Å². The molecule has 1 saturated heterocycles. The zero-order valence-electron chi connectivity index (χ0n) is 13.0. The maximum atomic E-state index is 10.6. The average Bonchev–Trinajstić information content (AvgIpc) is 3.07. The third kappa shape index (κ3) is 3.04. The van der Waals surface area contributed by atoms with E-state index in [0.29, 0.717) is 5.02 Å². The predicted octanol–water partition coefficient (Wildman–Crippen LogP) is 1.75. The minimum absolute atomic E-state index is 0.196. The first-order chi connectivity index (χ1) is 10.6. The van der Waals surface area contributed by atoms with Gasteiger partial charge in [0.15, 0.2) is 0 Å². The summed E-state index contributed by atoms with van der Waals surface area (Å²) >= 11 is 6.19. The van der Waals surface area contributed by atoms with Crippen LogP contribution in [0.4, 0.5) is 0 Å². The van der Waals surface area contributed by atoms with Crippen LogP contribution in [0.25, 0.3) is 0 Å². The van der Waals surface area contributed by atoms with Crippen molar-refractivity contribution in [2.45, 2.75) is 25.5 Å². The van der Waals surface area contributed by atoms with Crippen molar-refractivity contribution in [1.29, 1.82) is 0 Å². The lowest BCUT2D eigenvalue weighted by atomic mass is 9.92. The summed E-state index contributed by atoms with van der Waals surface area (Å²) in [6.07, 6.45) is 6.85. The van der Waals surface area contributed by atoms with Crippen molar-refractivity contribution in [1.82, 2.24) is 24.2 Å². The molecule has 7 heteroatoms. The molecule has 0 aliphatic carbocycles. The molecule has 120 valence electrons. The molecule has 2 aromatic heterocycles. The molecule has 0 unspecified atom stereocenters. The van der Waals surface area contributed by atoms with Gasteiger partial charge in [-0.1, -0.05) is 11.6 Å². The van der Waals surface area contributed by atoms with Crippen LogP contribution in [0.2, 0.25) is 5.02 Å². The normalized spacial score (nSPS) is 21.2. The van der Waals surface area contributed by atoms with Crippen molar-refractivity contribution in [3.8, 4) is 0 Å². The van der Waals surface area contributed by atoms with Gasteiger partial charge in [0.05, 0.1) is 16.9 Å². The Morgan fingerprint density at radius 3 is 2.91 bits per heavy atom. The van der Waals surface area contributed by atoms with Crippen LogP contribution in [-0.4, -0.2) is 42.4 Å². The fraction of sp³-hybridized carbons (Fsp3) is 0.600. The van der Waals surface area contributed by atoms with E-state index in [1.807, 2.05) is 29.5 Å². The fourth-order valence-electron chi connectivity index (χ4n) is 3.19. The quantitative estimate of drug-likeness (QED) is 0.931. The molecule has 2 aromatic rings. The first kappa shape index (κ1) is 15.5. The molecule has 0 saturated carbocycles. The molecule has 3 rings (SSSR count). The van der Waals surface area contributed by atoms with Crippen LogP contribution < -0.4 is 0 Å². The van der Waals surface area contributed by atoms with E-state index >= 15 is 0 Å². The van der Waals surface area contributed by atoms with Gasteiger partial charge in [0.25, 0.3) is 0 Å². The summed E-state index contributed by atoms with van der Waals surface area (Å²) in [6, 6.07) is 0. The number of halogens is 1. The van der Waals surface area contributed by atoms with Gasteiger partial charge in [-0.25, -0.2) is 4.98 Å². The number of hydrogen-bond donors (Lipinski definition) is 1. The number of piperidine rings is 1. The van der Waals surface area contributed by atoms with Crippen LogP contribution in [-0.2, 0) is 20.6 Å². The summed E-state index contributed by atoms with van der Waals surface area (Å²) in [7, 11) is 3.83. The molecule has 0 aromatic carbocycles. The highest BCUT2D eigenvalue weighted by Gasteiger charge is 2.29. The number of hydrogen-bond acceptors (Lipinski definition) is 4. The third-order valence-corrected chi connectivity index (χ3v) is 4.81. The number of nitrogens with zero attached hydrogens (tertiary/aromatic N) is 5. The van der Waals surface area contributed by atoms with Crippen molar-refractivity contribution in [3.05, 3.63) is 35.1 Å². The van der Waals surface area contributed by atoms with E-state index < -0.39 is 6.10 Å². The number of aliphatic hydroxyl groups is 1. The Bertz CT molecular complexity index is 618. The summed E-state index contributed by atoms with van der Waals surface area (Å²) < 4.78 is 3.71. The lowest BCUT2D eigenvalue weighted by Gasteiger charge is -2.34. The summed E-state index contributed by atoms with van der Waals surface area (Å²) in [5, 5.41) is 15.5. The largest absolute Gasteiger partial charge is 0.385 e. The molecule has 3 heterocycles. The number of aryl methyl sites for hydroxylation is 2. The number of aliphatic hydroxyl groups excluding tert-OH is 1. The summed E-state index contributed by atoms with van der Waals surface area (Å²) in [5.41, 5.74) is 1.02. The Labute approximate surface area is 135 Å². The van der Waals surface area contributed by atoms with Crippen LogP contribution >= 0.6 is 11.6 Å². The van der Waals surface area contributed by atoms with Crippen molar-refractivity contribution in [2.75, 3.05) is 13.1 Å². The highest BCUT2D eigenvalue weighted by atomic mass is 35.5. The summed E-state index contributed by atoms with van der Waals surface area (Å²) in [4.78, 5) is 6.62. The van der Waals surface area contributed by atoms with Gasteiger partial charge in [-0.3, -0.25) is 9.58 Å². The number of rotatable bonds is 4. The zero-order valence-corrected chi connectivity index (χ0v) is 13.7. The number of likely N-dealkylation sites (tertiary alicyclic amines) is 1. The van der Waals surface area contributed by atoms with Gasteiger partial charge in [-0.05, 0) is 19.4 Å². The summed E-state index contributed by atoms with van der Waals surface area (Å²) in [5.74, 6) is 0.937. The minimum Gasteiger partial charge on any atom is -0.385 e. The van der Waals surface area contributed by atoms with Gasteiger partial charge in [-0.2, -0.15) is 5.10 Å². The van der Waals surface area contributed by atoms with Gasteiger partial charge in [0, 0.05) is 45.5 Å². The van der Waals surface area contributed by atoms with E-state index in [0.717, 1.165) is 44.0 Å². The second-order valence-corrected chi connectivity index (χ2v) is 6.45. The predicted molar refractivity (Wildman–Crippen MR) is 84.4 cm³/mol. The molecule has 2 atom stereocenters. The van der Waals surface area contributed by atoms with Crippen LogP contribution in [0, 0.1) is 5.92 Å². The van der Waals surface area contributed by atoms with Crippen molar-refractivity contribution < 1.29 is 5.11 Å². The molecule has 0 spiro atoms. The Hall–Kier alpha value is -1.37. The Kier molecular flexibility index (Phi) is 4.52. The van der Waals surface area contributed by atoms with E-state index in [-0.39, 0.29) is 5.92 Å². The highest BCUT2D eigenvalue weighted by Crippen LogP contribution is 2.30. The van der Waals surface area contributed by atoms with Crippen LogP contribution in [0.1, 0.15) is 30.5 Å². The molecule has 1 aliphatic heterocycles. The van der Waals surface area contributed by atoms with Crippen LogP contribution in [0.3, 0.4) is 0 Å². The molecule has 22 heavy (non-hydrogen) atoms. The molecule has 0 radical (unpaired) electrons. The molecular weight excluding hydrogens is 302 g/mol. The lowest BCUT2D eigenvalue weighted by molar-refractivity contribution is 0.0397. The molecular formula is C15H22ClN5O. The van der Waals surface area contributed by atoms with Gasteiger partial charge < -0.3 is 9.67 Å². The average molecular weight is 324 g/mol. The van der Waals surface area contributed by atoms with Crippen molar-refractivity contribution in [3.63, 3.8) is 0 Å². The fourth-order valence-corrected chi connectivity index (χ4v) is 3.42. The SMILES string of the molecule is Cn1ccnc1[C@@H](O)[C@H]1CCCN(Cc2c(Cl)cnn2C)C1. The van der Waals surface area contributed by atoms with Crippen molar-refractivity contribution in [2.24, 2.45) is 20.0 Å². The Morgan fingerprint density at radius 1 is 1.45 bits per heavy atom. The first-order valence-electron chi connectivity index (χ1n) is 7.60. The van der Waals surface area contributed by atoms with E-state index in [1.54, 1.807) is 12.4 Å². The van der Waals surface area contributed by atoms with Crippen LogP contribution in [0.5, 0.6) is 0 Å². The zero-order chi connectivity index (χ0) is 15.7. The Balaban J connectivity index is 1.68. The maximum absolute atomic E-state index is 10.6. The van der Waals surface area contributed by atoms with E-state index in [9.17, 15) is 5.11 Å². The topological polar surface area (TPSA) is 59.1 Å². The van der Waals surface area contributed by atoms with Gasteiger partial charge in [0.2, 0.25) is 0 Å². The van der Waals surface area contributed by atoms with E-state index in [2.05, 4.69) is 15.0 Å². The molecule has 1 fully saturated rings. The number of aromatic nitrogens is 4. The molecule has 6 nitrogen and oxygen atoms in total. The van der Waals surface area contributed by atoms with Crippen molar-refractivity contribution >= 4 is 11.6 Å². The van der Waals surface area contributed by atoms with Crippen LogP contribution in [0.15, 0.2) is 18.6 Å². The standard InChI is InChI=1S/C15H22ClN5O/c1-19-7-5-17-15(19)14(22)11-4-3-6-21(9-11)10-13-12(16)8-18-20(13)2/h5,7-8,11,14,22H,3-4,6,9-10H2,1-2H3/t11-,14-/m0/s1. The number of imidazole rings is 1. The maximum Gasteiger partial charge on any atom is 0.137 e. The second kappa shape index (κ2) is 6.40. The molecule has 1 N–H and O–H groups in total. The molecule has 1 aliphatic rings. The molecule has 0 bridgehead atoms. The third-order valence-electron chi connectivity index (χ3n) is 4.50.